The molecule has 0 aliphatic rings. The first-order valence-corrected chi connectivity index (χ1v) is 5.35. The van der Waals surface area contributed by atoms with Gasteiger partial charge in [-0.25, -0.2) is 4.68 Å². The molecule has 0 spiro atoms. The predicted molar refractivity (Wildman–Crippen MR) is 59.8 cm³/mol. The van der Waals surface area contributed by atoms with Gasteiger partial charge in [0.2, 0.25) is 0 Å². The number of aromatic nitrogens is 3. The topological polar surface area (TPSA) is 56.7 Å². The summed E-state index contributed by atoms with van der Waals surface area (Å²) >= 11 is 0. The van der Waals surface area contributed by atoms with Crippen LogP contribution in [-0.2, 0) is 13.1 Å². The van der Waals surface area contributed by atoms with Gasteiger partial charge in [-0.15, -0.1) is 16.9 Å². The van der Waals surface area contributed by atoms with Crippen LogP contribution in [0.1, 0.15) is 38.3 Å². The third kappa shape index (κ3) is 4.61. The minimum Gasteiger partial charge on any atom is -0.312 e. The van der Waals surface area contributed by atoms with Gasteiger partial charge in [0.05, 0.1) is 12.4 Å². The first-order valence-electron chi connectivity index (χ1n) is 5.35. The molecule has 0 amide bonds. The van der Waals surface area contributed by atoms with Crippen LogP contribution in [0.25, 0.3) is 0 Å². The quantitative estimate of drug-likeness (QED) is 0.564. The Morgan fingerprint density at radius 3 is 2.93 bits per heavy atom. The Morgan fingerprint density at radius 2 is 2.27 bits per heavy atom. The van der Waals surface area contributed by atoms with Crippen LogP contribution in [0.2, 0.25) is 0 Å². The van der Waals surface area contributed by atoms with E-state index in [0.29, 0.717) is 6.67 Å². The summed E-state index contributed by atoms with van der Waals surface area (Å²) < 4.78 is 1.65. The molecule has 2 N–H and O–H groups in total. The van der Waals surface area contributed by atoms with Gasteiger partial charge in [-0.05, 0) is 26.2 Å². The lowest BCUT2D eigenvalue weighted by Crippen LogP contribution is -2.06. The summed E-state index contributed by atoms with van der Waals surface area (Å²) in [6.45, 7) is 2.28. The zero-order chi connectivity index (χ0) is 10.9. The van der Waals surface area contributed by atoms with Crippen LogP contribution in [0.4, 0.5) is 0 Å². The second-order valence-corrected chi connectivity index (χ2v) is 3.42. The van der Waals surface area contributed by atoms with Crippen molar-refractivity contribution in [1.29, 1.82) is 0 Å². The van der Waals surface area contributed by atoms with Gasteiger partial charge in [0, 0.05) is 12.6 Å². The van der Waals surface area contributed by atoms with Gasteiger partial charge in [0.25, 0.3) is 0 Å². The molecule has 0 saturated heterocycles. The average Bonchev–Trinajstić information content (AvgIpc) is 2.71. The molecule has 15 heavy (non-hydrogen) atoms. The Bertz CT molecular complexity index is 332. The lowest BCUT2D eigenvalue weighted by Gasteiger charge is -1.95. The van der Waals surface area contributed by atoms with E-state index in [4.69, 9.17) is 5.73 Å². The van der Waals surface area contributed by atoms with Crippen LogP contribution in [0.5, 0.6) is 0 Å². The number of aryl methyl sites for hydroxylation is 1. The fourth-order valence-corrected chi connectivity index (χ4v) is 1.36. The van der Waals surface area contributed by atoms with Gasteiger partial charge in [-0.1, -0.05) is 11.6 Å². The van der Waals surface area contributed by atoms with Crippen molar-refractivity contribution in [2.24, 2.45) is 5.73 Å². The third-order valence-corrected chi connectivity index (χ3v) is 2.18. The molecule has 0 radical (unpaired) electrons. The maximum atomic E-state index is 5.42. The van der Waals surface area contributed by atoms with Gasteiger partial charge in [0.1, 0.15) is 0 Å². The van der Waals surface area contributed by atoms with E-state index in [-0.39, 0.29) is 0 Å². The van der Waals surface area contributed by atoms with E-state index in [1.165, 1.54) is 12.8 Å². The fourth-order valence-electron chi connectivity index (χ4n) is 1.36. The summed E-state index contributed by atoms with van der Waals surface area (Å²) in [6, 6.07) is 0. The Labute approximate surface area is 90.9 Å². The molecule has 0 bridgehead atoms. The molecule has 4 heteroatoms. The molecule has 0 aliphatic heterocycles. The molecule has 1 aromatic heterocycles. The molecule has 0 fully saturated rings. The van der Waals surface area contributed by atoms with E-state index in [1.807, 2.05) is 13.1 Å². The Kier molecular flexibility index (Phi) is 5.49. The van der Waals surface area contributed by atoms with Crippen molar-refractivity contribution in [3.63, 3.8) is 0 Å². The second-order valence-electron chi connectivity index (χ2n) is 3.42. The first kappa shape index (κ1) is 11.7. The van der Waals surface area contributed by atoms with Crippen molar-refractivity contribution in [2.45, 2.75) is 45.7 Å². The van der Waals surface area contributed by atoms with E-state index < -0.39 is 0 Å². The zero-order valence-corrected chi connectivity index (χ0v) is 9.24. The van der Waals surface area contributed by atoms with Crippen molar-refractivity contribution in [1.82, 2.24) is 15.0 Å². The Balaban J connectivity index is 2.11. The lowest BCUT2D eigenvalue weighted by atomic mass is 10.1. The molecule has 1 aromatic rings. The van der Waals surface area contributed by atoms with E-state index in [1.54, 1.807) is 4.68 Å². The highest BCUT2D eigenvalue weighted by molar-refractivity contribution is 4.95. The van der Waals surface area contributed by atoms with Crippen LogP contribution < -0.4 is 5.73 Å². The van der Waals surface area contributed by atoms with Crippen LogP contribution in [0, 0.1) is 11.8 Å². The number of nitrogens with zero attached hydrogens (tertiary/aromatic N) is 3. The van der Waals surface area contributed by atoms with Crippen molar-refractivity contribution in [2.75, 3.05) is 0 Å². The minimum atomic E-state index is 0.402. The Morgan fingerprint density at radius 1 is 1.40 bits per heavy atom. The van der Waals surface area contributed by atoms with Crippen molar-refractivity contribution in [3.05, 3.63) is 11.9 Å². The molecule has 0 aromatic carbocycles. The second kappa shape index (κ2) is 7.02. The molecular formula is C11H18N4. The molecule has 0 aliphatic carbocycles. The smallest absolute Gasteiger partial charge is 0.0896 e. The highest BCUT2D eigenvalue weighted by Gasteiger charge is 1.98. The van der Waals surface area contributed by atoms with Gasteiger partial charge in [0.15, 0.2) is 0 Å². The van der Waals surface area contributed by atoms with Crippen LogP contribution in [-0.4, -0.2) is 15.0 Å². The van der Waals surface area contributed by atoms with E-state index in [0.717, 1.165) is 25.0 Å². The first-order chi connectivity index (χ1) is 7.36. The summed E-state index contributed by atoms with van der Waals surface area (Å²) in [7, 11) is 0. The summed E-state index contributed by atoms with van der Waals surface area (Å²) in [5, 5.41) is 7.91. The van der Waals surface area contributed by atoms with Crippen molar-refractivity contribution < 1.29 is 0 Å². The largest absolute Gasteiger partial charge is 0.312 e. The third-order valence-electron chi connectivity index (χ3n) is 2.18. The van der Waals surface area contributed by atoms with Crippen LogP contribution in [0.15, 0.2) is 6.20 Å². The summed E-state index contributed by atoms with van der Waals surface area (Å²) in [6.07, 6.45) is 7.42. The molecule has 0 saturated carbocycles. The van der Waals surface area contributed by atoms with Crippen molar-refractivity contribution in [3.8, 4) is 11.8 Å². The fraction of sp³-hybridized carbons (Fsp3) is 0.636. The van der Waals surface area contributed by atoms with E-state index in [9.17, 15) is 0 Å². The predicted octanol–water partition coefficient (Wildman–Crippen LogP) is 1.32. The van der Waals surface area contributed by atoms with E-state index >= 15 is 0 Å². The number of hydrogen-bond donors (Lipinski definition) is 1. The highest BCUT2D eigenvalue weighted by atomic mass is 15.4. The molecule has 1 heterocycles. The summed E-state index contributed by atoms with van der Waals surface area (Å²) in [5.74, 6) is 5.96. The van der Waals surface area contributed by atoms with Crippen LogP contribution >= 0.6 is 0 Å². The van der Waals surface area contributed by atoms with E-state index in [2.05, 4.69) is 22.2 Å². The maximum Gasteiger partial charge on any atom is 0.0896 e. The monoisotopic (exact) mass is 206 g/mol. The number of rotatable bonds is 6. The summed E-state index contributed by atoms with van der Waals surface area (Å²) in [4.78, 5) is 0. The Hall–Kier alpha value is -1.34. The normalized spacial score (nSPS) is 9.73. The molecule has 4 nitrogen and oxygen atoms in total. The SMILES string of the molecule is CC#CCCCCCc1cn(CN)nn1. The molecule has 82 valence electrons. The number of unbranched alkanes of at least 4 members (excludes halogenated alkanes) is 3. The van der Waals surface area contributed by atoms with Gasteiger partial charge in [-0.3, -0.25) is 0 Å². The molecule has 0 unspecified atom stereocenters. The standard InChI is InChI=1S/C11H18N4/c1-2-3-4-5-6-7-8-11-9-15(10-12)14-13-11/h9H,4-8,10,12H2,1H3. The lowest BCUT2D eigenvalue weighted by molar-refractivity contribution is 0.608. The maximum absolute atomic E-state index is 5.42. The molecular weight excluding hydrogens is 188 g/mol. The summed E-state index contributed by atoms with van der Waals surface area (Å²) in [5.41, 5.74) is 6.45. The minimum absolute atomic E-state index is 0.402. The van der Waals surface area contributed by atoms with Gasteiger partial charge >= 0.3 is 0 Å². The number of hydrogen-bond acceptors (Lipinski definition) is 3. The van der Waals surface area contributed by atoms with Crippen LogP contribution in [0.3, 0.4) is 0 Å². The van der Waals surface area contributed by atoms with Gasteiger partial charge in [-0.2, -0.15) is 0 Å². The number of nitrogens with two attached hydrogens (primary N) is 1. The average molecular weight is 206 g/mol. The zero-order valence-electron chi connectivity index (χ0n) is 9.24. The highest BCUT2D eigenvalue weighted by Crippen LogP contribution is 2.04. The molecule has 1 rings (SSSR count). The van der Waals surface area contributed by atoms with Gasteiger partial charge < -0.3 is 5.73 Å². The molecule has 0 atom stereocenters. The van der Waals surface area contributed by atoms with Crippen molar-refractivity contribution >= 4 is 0 Å².